The smallest absolute Gasteiger partial charge is 0.291 e. The van der Waals surface area contributed by atoms with Crippen LogP contribution in [0.1, 0.15) is 47.9 Å². The van der Waals surface area contributed by atoms with Crippen molar-refractivity contribution in [3.63, 3.8) is 0 Å². The van der Waals surface area contributed by atoms with Gasteiger partial charge in [-0.3, -0.25) is 14.9 Å². The number of nitrogen functional groups attached to an aromatic ring is 1. The number of rotatable bonds is 5. The van der Waals surface area contributed by atoms with Gasteiger partial charge in [0.05, 0.1) is 17.6 Å². The lowest BCUT2D eigenvalue weighted by Crippen LogP contribution is -2.46. The van der Waals surface area contributed by atoms with E-state index in [4.69, 9.17) is 10.7 Å². The molecule has 0 radical (unpaired) electrons. The van der Waals surface area contributed by atoms with Crippen molar-refractivity contribution >= 4 is 27.2 Å². The SMILES string of the molecule is CS(=O)(=O)c1c(C2C[C@H]3CC[C@@H](C2)N3C(=O)c2ncn[nH]2)nc2c(-c3ccc(-c4ccccc4)nc3)cnn2c1N. The molecule has 0 spiro atoms. The Morgan fingerprint density at radius 1 is 1.00 bits per heavy atom. The topological polar surface area (TPSA) is 165 Å². The minimum Gasteiger partial charge on any atom is -0.382 e. The van der Waals surface area contributed by atoms with Crippen molar-refractivity contribution in [3.8, 4) is 22.4 Å². The Hall–Kier alpha value is -4.65. The molecule has 3 N–H and O–H groups in total. The molecule has 2 aliphatic rings. The van der Waals surface area contributed by atoms with E-state index in [1.54, 1.807) is 12.4 Å². The fourth-order valence-electron chi connectivity index (χ4n) is 6.37. The molecule has 2 bridgehead atoms. The Morgan fingerprint density at radius 3 is 2.39 bits per heavy atom. The predicted molar refractivity (Wildman–Crippen MR) is 151 cm³/mol. The first-order valence-corrected chi connectivity index (χ1v) is 15.3. The summed E-state index contributed by atoms with van der Waals surface area (Å²) in [5.41, 5.74) is 10.7. The highest BCUT2D eigenvalue weighted by atomic mass is 32.2. The molecule has 2 aliphatic heterocycles. The average Bonchev–Trinajstić information content (AvgIpc) is 3.71. The van der Waals surface area contributed by atoms with Crippen LogP contribution in [0.4, 0.5) is 5.82 Å². The number of piperidine rings is 1. The molecule has 7 rings (SSSR count). The number of anilines is 1. The molecule has 41 heavy (non-hydrogen) atoms. The van der Waals surface area contributed by atoms with Crippen LogP contribution in [-0.4, -0.2) is 72.3 Å². The quantitative estimate of drug-likeness (QED) is 0.323. The summed E-state index contributed by atoms with van der Waals surface area (Å²) < 4.78 is 27.5. The summed E-state index contributed by atoms with van der Waals surface area (Å²) in [5.74, 6) is -0.161. The van der Waals surface area contributed by atoms with E-state index in [0.29, 0.717) is 29.7 Å². The van der Waals surface area contributed by atoms with Crippen molar-refractivity contribution in [1.29, 1.82) is 0 Å². The second-order valence-electron chi connectivity index (χ2n) is 10.7. The van der Waals surface area contributed by atoms with E-state index in [9.17, 15) is 13.2 Å². The van der Waals surface area contributed by atoms with Gasteiger partial charge in [-0.05, 0) is 31.7 Å². The number of benzene rings is 1. The molecule has 1 aromatic carbocycles. The van der Waals surface area contributed by atoms with Crippen LogP contribution >= 0.6 is 0 Å². The van der Waals surface area contributed by atoms with Gasteiger partial charge < -0.3 is 10.6 Å². The molecular formula is C28H27N9O3S. The van der Waals surface area contributed by atoms with Crippen molar-refractivity contribution in [2.24, 2.45) is 0 Å². The second-order valence-corrected chi connectivity index (χ2v) is 12.6. The first kappa shape index (κ1) is 25.3. The summed E-state index contributed by atoms with van der Waals surface area (Å²) >= 11 is 0. The van der Waals surface area contributed by atoms with Gasteiger partial charge in [0.1, 0.15) is 17.0 Å². The van der Waals surface area contributed by atoms with E-state index in [2.05, 4.69) is 25.3 Å². The van der Waals surface area contributed by atoms with Crippen LogP contribution in [-0.2, 0) is 9.84 Å². The number of nitrogens with one attached hydrogen (secondary N) is 1. The number of hydrogen-bond donors (Lipinski definition) is 2. The van der Waals surface area contributed by atoms with Gasteiger partial charge >= 0.3 is 0 Å². The zero-order chi connectivity index (χ0) is 28.3. The normalized spacial score (nSPS) is 20.5. The Morgan fingerprint density at radius 2 is 1.76 bits per heavy atom. The number of H-pyrrole nitrogens is 1. The van der Waals surface area contributed by atoms with Crippen LogP contribution in [0.3, 0.4) is 0 Å². The van der Waals surface area contributed by atoms with Crippen LogP contribution in [0.15, 0.2) is 66.1 Å². The van der Waals surface area contributed by atoms with Gasteiger partial charge in [0, 0.05) is 47.1 Å². The van der Waals surface area contributed by atoms with Crippen molar-refractivity contribution in [2.75, 3.05) is 12.0 Å². The Labute approximate surface area is 235 Å². The molecule has 13 heteroatoms. The Bertz CT molecular complexity index is 1860. The zero-order valence-corrected chi connectivity index (χ0v) is 23.0. The maximum Gasteiger partial charge on any atom is 0.291 e. The van der Waals surface area contributed by atoms with E-state index >= 15 is 0 Å². The van der Waals surface area contributed by atoms with Crippen LogP contribution in [0.2, 0.25) is 0 Å². The molecule has 208 valence electrons. The van der Waals surface area contributed by atoms with Crippen molar-refractivity contribution in [3.05, 3.63) is 72.7 Å². The molecule has 0 aliphatic carbocycles. The van der Waals surface area contributed by atoms with E-state index in [-0.39, 0.29) is 40.4 Å². The molecule has 3 atom stereocenters. The van der Waals surface area contributed by atoms with Gasteiger partial charge in [-0.15, -0.1) is 0 Å². The highest BCUT2D eigenvalue weighted by Crippen LogP contribution is 2.45. The standard InChI is InChI=1S/C28H27N9O3S/c1-41(39,40)24-23(18-11-19-8-9-20(12-18)36(19)28(38)26-31-15-32-35-26)34-27-21(14-33-37(27)25(24)29)17-7-10-22(30-13-17)16-5-3-2-4-6-16/h2-7,10,13-15,18-20H,8-9,11-12,29H2,1H3,(H,31,32,35)/t18?,19-,20+. The minimum absolute atomic E-state index is 0.00314. The predicted octanol–water partition coefficient (Wildman–Crippen LogP) is 3.11. The number of pyridine rings is 1. The van der Waals surface area contributed by atoms with Gasteiger partial charge in [-0.2, -0.15) is 14.7 Å². The van der Waals surface area contributed by atoms with Gasteiger partial charge in [0.2, 0.25) is 5.82 Å². The zero-order valence-electron chi connectivity index (χ0n) is 22.2. The average molecular weight is 570 g/mol. The maximum absolute atomic E-state index is 13.1. The molecule has 12 nitrogen and oxygen atoms in total. The molecule has 0 saturated carbocycles. The minimum atomic E-state index is -3.74. The van der Waals surface area contributed by atoms with Gasteiger partial charge in [0.15, 0.2) is 15.5 Å². The molecule has 2 saturated heterocycles. The summed E-state index contributed by atoms with van der Waals surface area (Å²) in [6.07, 6.45) is 8.64. The number of aromatic nitrogens is 7. The van der Waals surface area contributed by atoms with Crippen LogP contribution < -0.4 is 5.73 Å². The van der Waals surface area contributed by atoms with E-state index in [1.807, 2.05) is 47.4 Å². The van der Waals surface area contributed by atoms with Crippen molar-refractivity contribution < 1.29 is 13.2 Å². The maximum atomic E-state index is 13.1. The van der Waals surface area contributed by atoms with E-state index in [0.717, 1.165) is 35.9 Å². The van der Waals surface area contributed by atoms with Crippen molar-refractivity contribution in [2.45, 2.75) is 48.6 Å². The highest BCUT2D eigenvalue weighted by Gasteiger charge is 2.46. The Kier molecular flexibility index (Phi) is 5.85. The summed E-state index contributed by atoms with van der Waals surface area (Å²) in [5, 5.41) is 10.9. The number of hydrogen-bond acceptors (Lipinski definition) is 9. The summed E-state index contributed by atoms with van der Waals surface area (Å²) in [4.78, 5) is 28.6. The molecule has 5 aromatic rings. The number of aromatic amines is 1. The summed E-state index contributed by atoms with van der Waals surface area (Å²) in [7, 11) is -3.74. The Balaban J connectivity index is 1.29. The largest absolute Gasteiger partial charge is 0.382 e. The third-order valence-corrected chi connectivity index (χ3v) is 9.31. The van der Waals surface area contributed by atoms with Crippen LogP contribution in [0, 0.1) is 0 Å². The molecular weight excluding hydrogens is 542 g/mol. The fourth-order valence-corrected chi connectivity index (χ4v) is 7.43. The first-order chi connectivity index (χ1) is 19.8. The molecule has 1 unspecified atom stereocenters. The van der Waals surface area contributed by atoms with Crippen LogP contribution in [0.5, 0.6) is 0 Å². The molecule has 4 aromatic heterocycles. The van der Waals surface area contributed by atoms with Crippen LogP contribution in [0.25, 0.3) is 28.0 Å². The number of nitrogens with two attached hydrogens (primary N) is 1. The lowest BCUT2D eigenvalue weighted by Gasteiger charge is -2.38. The van der Waals surface area contributed by atoms with Gasteiger partial charge in [-0.1, -0.05) is 36.4 Å². The number of sulfone groups is 1. The fraction of sp³-hybridized carbons (Fsp3) is 0.286. The summed E-state index contributed by atoms with van der Waals surface area (Å²) in [6, 6.07) is 13.6. The van der Waals surface area contributed by atoms with Crippen molar-refractivity contribution in [1.82, 2.24) is 39.7 Å². The lowest BCUT2D eigenvalue weighted by molar-refractivity contribution is 0.0556. The van der Waals surface area contributed by atoms with E-state index < -0.39 is 9.84 Å². The third-order valence-electron chi connectivity index (χ3n) is 8.15. The highest BCUT2D eigenvalue weighted by molar-refractivity contribution is 7.91. The second kappa shape index (κ2) is 9.47. The molecule has 2 fully saturated rings. The monoisotopic (exact) mass is 569 g/mol. The lowest BCUT2D eigenvalue weighted by atomic mass is 9.87. The summed E-state index contributed by atoms with van der Waals surface area (Å²) in [6.45, 7) is 0. The molecule has 1 amide bonds. The number of fused-ring (bicyclic) bond motifs is 3. The van der Waals surface area contributed by atoms with Gasteiger partial charge in [-0.25, -0.2) is 18.4 Å². The van der Waals surface area contributed by atoms with Gasteiger partial charge in [0.25, 0.3) is 5.91 Å². The van der Waals surface area contributed by atoms with E-state index in [1.165, 1.54) is 10.8 Å². The number of carbonyl (C=O) groups is 1. The number of amides is 1. The third kappa shape index (κ3) is 4.24. The number of carbonyl (C=O) groups excluding carboxylic acids is 1. The molecule has 6 heterocycles. The number of nitrogens with zero attached hydrogens (tertiary/aromatic N) is 7. The first-order valence-electron chi connectivity index (χ1n) is 13.4.